The van der Waals surface area contributed by atoms with E-state index in [1.807, 2.05) is 70.1 Å². The number of quaternary nitrogens is 1. The summed E-state index contributed by atoms with van der Waals surface area (Å²) in [7, 11) is 5.50. The summed E-state index contributed by atoms with van der Waals surface area (Å²) in [6.07, 6.45) is -2.23. The van der Waals surface area contributed by atoms with E-state index in [2.05, 4.69) is 23.0 Å². The van der Waals surface area contributed by atoms with Gasteiger partial charge in [0.1, 0.15) is 35.4 Å². The summed E-state index contributed by atoms with van der Waals surface area (Å²) in [4.78, 5) is 18.7. The second-order valence-corrected chi connectivity index (χ2v) is 22.0. The Hall–Kier alpha value is -2.60. The maximum Gasteiger partial charge on any atom is 0.311 e. The molecule has 1 aromatic rings. The molecule has 0 amide bonds. The minimum atomic E-state index is -1.80. The number of nitrogens with one attached hydrogen (secondary N) is 1. The van der Waals surface area contributed by atoms with Gasteiger partial charge >= 0.3 is 5.97 Å². The second kappa shape index (κ2) is 27.3. The summed E-state index contributed by atoms with van der Waals surface area (Å²) >= 11 is 1.07. The van der Waals surface area contributed by atoms with Crippen LogP contribution in [0.1, 0.15) is 120 Å². The van der Waals surface area contributed by atoms with Crippen LogP contribution in [-0.4, -0.2) is 168 Å². The van der Waals surface area contributed by atoms with Crippen molar-refractivity contribution in [1.82, 2.24) is 15.1 Å². The second-order valence-electron chi connectivity index (χ2n) is 21.5. The fraction of sp³-hybridized carbons (Fsp3) is 0.788. The summed E-state index contributed by atoms with van der Waals surface area (Å²) < 4.78 is 44.6. The Bertz CT molecular complexity index is 1850. The Morgan fingerprint density at radius 3 is 2.32 bits per heavy atom. The lowest BCUT2D eigenvalue weighted by atomic mass is 9.77. The van der Waals surface area contributed by atoms with Crippen molar-refractivity contribution in [2.75, 3.05) is 47.4 Å². The van der Waals surface area contributed by atoms with Gasteiger partial charge in [0.2, 0.25) is 0 Å². The first-order valence-corrected chi connectivity index (χ1v) is 26.6. The van der Waals surface area contributed by atoms with E-state index in [1.165, 1.54) is 14.0 Å². The first kappa shape index (κ1) is 61.0. The van der Waals surface area contributed by atoms with Gasteiger partial charge in [0.25, 0.3) is 0 Å². The lowest BCUT2D eigenvalue weighted by Crippen LogP contribution is -2.59. The first-order chi connectivity index (χ1) is 33.3. The molecule has 3 fully saturated rings. The molecule has 3 saturated heterocycles. The molecular weight excluding hydrogens is 933 g/mol. The molecular formula is C52H93N6O12S+. The van der Waals surface area contributed by atoms with Crippen LogP contribution in [-0.2, 0) is 33.2 Å². The first-order valence-electron chi connectivity index (χ1n) is 25.7. The molecule has 0 aromatic heterocycles. The van der Waals surface area contributed by atoms with Crippen molar-refractivity contribution in [3.63, 3.8) is 0 Å². The van der Waals surface area contributed by atoms with Crippen LogP contribution < -0.4 is 26.7 Å². The van der Waals surface area contributed by atoms with Gasteiger partial charge in [-0.3, -0.25) is 9.93 Å². The number of nitrogens with two attached hydrogens (primary N) is 2. The van der Waals surface area contributed by atoms with Crippen molar-refractivity contribution >= 4 is 23.6 Å². The van der Waals surface area contributed by atoms with Gasteiger partial charge in [-0.05, 0) is 124 Å². The van der Waals surface area contributed by atoms with Crippen molar-refractivity contribution < 1.29 is 64.1 Å². The van der Waals surface area contributed by atoms with Crippen LogP contribution in [0, 0.1) is 17.8 Å². The molecule has 17 atom stereocenters. The number of hydrogen-bond acceptors (Lipinski definition) is 18. The van der Waals surface area contributed by atoms with Crippen molar-refractivity contribution in [3.8, 4) is 5.75 Å². The predicted octanol–water partition coefficient (Wildman–Crippen LogP) is 3.70. The summed E-state index contributed by atoms with van der Waals surface area (Å²) in [6.45, 7) is 20.6. The summed E-state index contributed by atoms with van der Waals surface area (Å²) in [5.74, 6) is -1.67. The third-order valence-corrected chi connectivity index (χ3v) is 15.6. The van der Waals surface area contributed by atoms with Crippen molar-refractivity contribution in [1.29, 1.82) is 0 Å². The van der Waals surface area contributed by atoms with Gasteiger partial charge in [0.05, 0.1) is 54.3 Å². The number of ether oxygens (including phenoxy) is 7. The molecule has 0 aliphatic carbocycles. The monoisotopic (exact) mass is 1030 g/mol. The van der Waals surface area contributed by atoms with E-state index in [1.54, 1.807) is 40.0 Å². The van der Waals surface area contributed by atoms with Crippen LogP contribution in [0.15, 0.2) is 41.6 Å². The molecule has 0 bridgehead atoms. The number of carbonyl (C=O) groups excluding carboxylic acids is 1. The van der Waals surface area contributed by atoms with Gasteiger partial charge in [-0.25, -0.2) is 0 Å². The number of rotatable bonds is 18. The maximum atomic E-state index is 14.5. The van der Waals surface area contributed by atoms with Crippen LogP contribution in [0.5, 0.6) is 5.75 Å². The molecule has 408 valence electrons. The van der Waals surface area contributed by atoms with E-state index in [9.17, 15) is 25.2 Å². The van der Waals surface area contributed by atoms with Gasteiger partial charge in [-0.15, -0.1) is 0 Å². The highest BCUT2D eigenvalue weighted by Crippen LogP contribution is 2.40. The summed E-state index contributed by atoms with van der Waals surface area (Å²) in [5.41, 5.74) is 8.46. The lowest BCUT2D eigenvalue weighted by molar-refractivity contribution is -0.309. The van der Waals surface area contributed by atoms with Gasteiger partial charge in [0, 0.05) is 75.1 Å². The average Bonchev–Trinajstić information content (AvgIpc) is 3.31. The number of carbonyl (C=O) groups is 1. The van der Waals surface area contributed by atoms with Crippen LogP contribution >= 0.6 is 11.9 Å². The number of aliphatic hydroxyl groups excluding tert-OH is 2. The molecule has 19 heteroatoms. The third kappa shape index (κ3) is 16.7. The smallest absolute Gasteiger partial charge is 0.311 e. The van der Waals surface area contributed by atoms with Gasteiger partial charge in [-0.2, -0.15) is 0 Å². The summed E-state index contributed by atoms with van der Waals surface area (Å²) in [6, 6.07) is 7.15. The quantitative estimate of drug-likeness (QED) is 0.0592. The zero-order valence-electron chi connectivity index (χ0n) is 45.0. The fourth-order valence-electron chi connectivity index (χ4n) is 10.7. The van der Waals surface area contributed by atoms with Crippen LogP contribution in [0.2, 0.25) is 0 Å². The van der Waals surface area contributed by atoms with E-state index in [0.29, 0.717) is 25.3 Å². The zero-order chi connectivity index (χ0) is 53.0. The topological polar surface area (TPSA) is 261 Å². The van der Waals surface area contributed by atoms with Crippen molar-refractivity contribution in [3.05, 3.63) is 47.1 Å². The molecule has 18 nitrogen and oxygen atoms in total. The maximum absolute atomic E-state index is 14.5. The number of cyclic esters (lactones) is 1. The Labute approximate surface area is 428 Å². The number of esters is 1. The zero-order valence-corrected chi connectivity index (χ0v) is 45.9. The molecule has 1 unspecified atom stereocenters. The van der Waals surface area contributed by atoms with Crippen LogP contribution in [0.4, 0.5) is 0 Å². The largest absolute Gasteiger partial charge is 0.494 e. The SMILES string of the molecule is CC[C@H]1OC(=O)[C@H](C)[C@@H](OC2C[C@@](C)(OC)[C@@H](O)[C@H](C)O2)[C@H](C)[C@@H](O[C@H]2C[C@@H](N(C)CC/C([NH3+])=C/NCCCOc3ccc(/C(N)=C/SN)cc3)C[C@@H](C)O2)[C@](C)(O)C[C@@H](C)CN(C)[C@H](C)[C@@H](O)[C@]1(C)O. The third-order valence-electron chi connectivity index (χ3n) is 15.2. The molecule has 3 aliphatic rings. The van der Waals surface area contributed by atoms with Gasteiger partial charge < -0.3 is 80.2 Å². The van der Waals surface area contributed by atoms with E-state index in [-0.39, 0.29) is 37.3 Å². The molecule has 3 heterocycles. The standard InChI is InChI=1S/C52H92N6O12S/c1-14-42-52(10,63)46(59)35(6)58(12)29-31(2)26-50(8,62)48(33(4)45(34(5)49(61)68-42)69-44-27-51(9,64-13)47(60)36(7)67-44)70-43-25-39(24-32(3)66-43)57(11)22-20-38(53)28-56-21-15-23-65-40-18-16-37(17-19-40)41(54)30-71-55/h16-19,28,30-36,39,42-48,56,59-60,62-63H,14-15,20-27,29,53-55H2,1-13H3/p+1/b38-28-,41-30-/t31-,32-,33+,34-,35-,36+,39+,42-,43+,44?,45+,46-,47+,48-,50-,51-,52-/m1/s1. The van der Waals surface area contributed by atoms with E-state index < -0.39 is 89.9 Å². The predicted molar refractivity (Wildman–Crippen MR) is 276 cm³/mol. The number of likely N-dealkylation sites (N-methyl/N-ethyl adjacent to an activating group) is 1. The lowest BCUT2D eigenvalue weighted by Gasteiger charge is -2.48. The van der Waals surface area contributed by atoms with Gasteiger partial charge in [-0.1, -0.05) is 32.7 Å². The highest BCUT2D eigenvalue weighted by atomic mass is 32.2. The normalized spacial score (nSPS) is 38.8. The molecule has 0 saturated carbocycles. The number of methoxy groups -OCH3 is 1. The number of aliphatic hydroxyl groups is 4. The minimum Gasteiger partial charge on any atom is -0.494 e. The minimum absolute atomic E-state index is 0.0840. The highest BCUT2D eigenvalue weighted by molar-refractivity contribution is 8.00. The van der Waals surface area contributed by atoms with Crippen LogP contribution in [0.3, 0.4) is 0 Å². The van der Waals surface area contributed by atoms with Gasteiger partial charge in [0.15, 0.2) is 12.6 Å². The molecule has 1 aromatic carbocycles. The Kier molecular flexibility index (Phi) is 23.4. The molecule has 0 radical (unpaired) electrons. The Morgan fingerprint density at radius 2 is 1.69 bits per heavy atom. The Morgan fingerprint density at radius 1 is 1.01 bits per heavy atom. The molecule has 3 aliphatic heterocycles. The van der Waals surface area contributed by atoms with Crippen molar-refractivity contribution in [2.45, 2.75) is 198 Å². The highest BCUT2D eigenvalue weighted by Gasteiger charge is 2.52. The summed E-state index contributed by atoms with van der Waals surface area (Å²) in [5, 5.41) is 58.0. The number of hydrogen-bond donors (Lipinski definition) is 8. The average molecular weight is 1030 g/mol. The van der Waals surface area contributed by atoms with E-state index >= 15 is 0 Å². The Balaban J connectivity index is 1.53. The molecule has 12 N–H and O–H groups in total. The fourth-order valence-corrected chi connectivity index (χ4v) is 10.9. The van der Waals surface area contributed by atoms with E-state index in [4.69, 9.17) is 44.0 Å². The number of nitrogens with zero attached hydrogens (tertiary/aromatic N) is 2. The molecule has 0 spiro atoms. The van der Waals surface area contributed by atoms with E-state index in [0.717, 1.165) is 61.3 Å². The molecule has 4 rings (SSSR count). The molecule has 71 heavy (non-hydrogen) atoms. The van der Waals surface area contributed by atoms with Crippen LogP contribution in [0.25, 0.3) is 5.70 Å². The number of benzene rings is 1. The van der Waals surface area contributed by atoms with Crippen molar-refractivity contribution in [2.24, 2.45) is 28.6 Å².